The van der Waals surface area contributed by atoms with E-state index in [2.05, 4.69) is 9.97 Å². The average Bonchev–Trinajstić information content (AvgIpc) is 3.27. The minimum atomic E-state index is 0.104. The molecule has 4 aromatic rings. The van der Waals surface area contributed by atoms with E-state index in [0.29, 0.717) is 35.5 Å². The van der Waals surface area contributed by atoms with Gasteiger partial charge in [0.1, 0.15) is 23.5 Å². The molecule has 0 atom stereocenters. The molecule has 0 saturated carbocycles. The Bertz CT molecular complexity index is 1360. The summed E-state index contributed by atoms with van der Waals surface area (Å²) in [5, 5.41) is 11.8. The molecule has 1 fully saturated rings. The molecule has 3 aromatic heterocycles. The largest absolute Gasteiger partial charge is 0.508 e. The maximum atomic E-state index is 12.4. The predicted molar refractivity (Wildman–Crippen MR) is 116 cm³/mol. The summed E-state index contributed by atoms with van der Waals surface area (Å²) in [5.41, 5.74) is 11.6. The van der Waals surface area contributed by atoms with Crippen LogP contribution in [0.15, 0.2) is 24.5 Å². The van der Waals surface area contributed by atoms with Gasteiger partial charge in [-0.2, -0.15) is 0 Å². The van der Waals surface area contributed by atoms with E-state index in [0.717, 1.165) is 40.0 Å². The van der Waals surface area contributed by atoms with Gasteiger partial charge in [0.2, 0.25) is 5.91 Å². The van der Waals surface area contributed by atoms with Crippen molar-refractivity contribution >= 4 is 39.5 Å². The number of aromatic nitrogens is 4. The number of hydrogen-bond donors (Lipinski definition) is 2. The van der Waals surface area contributed by atoms with Crippen molar-refractivity contribution in [1.82, 2.24) is 19.5 Å². The number of anilines is 2. The third kappa shape index (κ3) is 2.46. The number of benzene rings is 1. The second-order valence-corrected chi connectivity index (χ2v) is 7.78. The van der Waals surface area contributed by atoms with E-state index in [1.807, 2.05) is 37.5 Å². The number of aryl methyl sites for hydroxylation is 2. The fraction of sp³-hybridized carbons (Fsp3) is 0.273. The molecule has 4 heterocycles. The number of fused-ring (bicyclic) bond motifs is 3. The molecule has 1 saturated heterocycles. The molecular weight excluding hydrogens is 380 g/mol. The van der Waals surface area contributed by atoms with Gasteiger partial charge >= 0.3 is 0 Å². The van der Waals surface area contributed by atoms with Gasteiger partial charge in [-0.15, -0.1) is 0 Å². The molecule has 152 valence electrons. The van der Waals surface area contributed by atoms with Gasteiger partial charge in [-0.25, -0.2) is 15.0 Å². The Balaban J connectivity index is 1.93. The van der Waals surface area contributed by atoms with Crippen molar-refractivity contribution in [2.75, 3.05) is 17.2 Å². The lowest BCUT2D eigenvalue weighted by atomic mass is 10.1. The number of nitrogens with zero attached hydrogens (tertiary/aromatic N) is 5. The van der Waals surface area contributed by atoms with E-state index in [4.69, 9.17) is 10.7 Å². The summed E-state index contributed by atoms with van der Waals surface area (Å²) in [7, 11) is 0. The molecule has 1 aliphatic heterocycles. The molecule has 0 spiro atoms. The zero-order valence-electron chi connectivity index (χ0n) is 17.1. The molecule has 1 aliphatic rings. The Morgan fingerprint density at radius 3 is 2.67 bits per heavy atom. The molecule has 30 heavy (non-hydrogen) atoms. The highest BCUT2D eigenvalue weighted by Gasteiger charge is 2.27. The number of aromatic hydroxyl groups is 1. The number of rotatable bonds is 2. The summed E-state index contributed by atoms with van der Waals surface area (Å²) in [4.78, 5) is 27.7. The first-order valence-electron chi connectivity index (χ1n) is 9.90. The normalized spacial score (nSPS) is 14.4. The van der Waals surface area contributed by atoms with Gasteiger partial charge in [0.15, 0.2) is 5.65 Å². The van der Waals surface area contributed by atoms with E-state index >= 15 is 0 Å². The smallest absolute Gasteiger partial charge is 0.227 e. The number of nitrogens with two attached hydrogens (primary N) is 1. The van der Waals surface area contributed by atoms with Crippen LogP contribution < -0.4 is 10.6 Å². The Morgan fingerprint density at radius 2 is 1.93 bits per heavy atom. The molecular formula is C22H22N6O2. The Hall–Kier alpha value is -3.68. The molecule has 0 aliphatic carbocycles. The number of pyridine rings is 1. The van der Waals surface area contributed by atoms with Crippen LogP contribution in [0.5, 0.6) is 5.75 Å². The number of phenols is 1. The monoisotopic (exact) mass is 402 g/mol. The van der Waals surface area contributed by atoms with Gasteiger partial charge in [-0.1, -0.05) is 6.07 Å². The van der Waals surface area contributed by atoms with Gasteiger partial charge in [-0.05, 0) is 44.9 Å². The van der Waals surface area contributed by atoms with Crippen molar-refractivity contribution in [3.63, 3.8) is 0 Å². The number of carbonyl (C=O) groups is 1. The summed E-state index contributed by atoms with van der Waals surface area (Å²) in [5.74, 6) is 0.652. The average molecular weight is 402 g/mol. The molecule has 5 rings (SSSR count). The second-order valence-electron chi connectivity index (χ2n) is 7.78. The standard InChI is InChI=1S/C22H22N6O2/c1-11-6-7-16(29)12(2)19(11)28-21-14(18-20(23)24-10-25-22(18)28)9-15(13(3)26-21)27-8-4-5-17(27)30/h6-7,9-10,29H,4-5,8H2,1-3H3,(H2,23,24,25). The van der Waals surface area contributed by atoms with Crippen molar-refractivity contribution in [3.8, 4) is 11.4 Å². The Kier molecular flexibility index (Phi) is 3.92. The number of hydrogen-bond acceptors (Lipinski definition) is 6. The maximum absolute atomic E-state index is 12.4. The van der Waals surface area contributed by atoms with Crippen LogP contribution in [0.2, 0.25) is 0 Å². The van der Waals surface area contributed by atoms with Gasteiger partial charge in [0.05, 0.1) is 22.5 Å². The number of phenolic OH excluding ortho intramolecular Hbond substituents is 1. The zero-order valence-corrected chi connectivity index (χ0v) is 17.1. The van der Waals surface area contributed by atoms with E-state index in [1.54, 1.807) is 11.0 Å². The molecule has 0 unspecified atom stereocenters. The topological polar surface area (TPSA) is 110 Å². The zero-order chi connectivity index (χ0) is 21.2. The molecule has 0 bridgehead atoms. The quantitative estimate of drug-likeness (QED) is 0.532. The molecule has 0 radical (unpaired) electrons. The summed E-state index contributed by atoms with van der Waals surface area (Å²) in [6.45, 7) is 6.43. The summed E-state index contributed by atoms with van der Waals surface area (Å²) < 4.78 is 1.93. The highest BCUT2D eigenvalue weighted by molar-refractivity contribution is 6.13. The second kappa shape index (κ2) is 6.41. The number of amides is 1. The highest BCUT2D eigenvalue weighted by atomic mass is 16.3. The Labute approximate surface area is 173 Å². The minimum Gasteiger partial charge on any atom is -0.508 e. The van der Waals surface area contributed by atoms with Crippen LogP contribution in [-0.2, 0) is 4.79 Å². The van der Waals surface area contributed by atoms with Crippen LogP contribution >= 0.6 is 0 Å². The van der Waals surface area contributed by atoms with Crippen LogP contribution in [0.4, 0.5) is 11.5 Å². The lowest BCUT2D eigenvalue weighted by molar-refractivity contribution is -0.117. The van der Waals surface area contributed by atoms with Crippen LogP contribution in [-0.4, -0.2) is 37.1 Å². The first-order valence-corrected chi connectivity index (χ1v) is 9.90. The van der Waals surface area contributed by atoms with E-state index in [9.17, 15) is 9.90 Å². The van der Waals surface area contributed by atoms with Crippen molar-refractivity contribution in [3.05, 3.63) is 41.3 Å². The first kappa shape index (κ1) is 18.4. The van der Waals surface area contributed by atoms with Crippen LogP contribution in [0.3, 0.4) is 0 Å². The van der Waals surface area contributed by atoms with Gasteiger partial charge in [-0.3, -0.25) is 9.36 Å². The third-order valence-electron chi connectivity index (χ3n) is 5.91. The van der Waals surface area contributed by atoms with Crippen LogP contribution in [0.25, 0.3) is 27.8 Å². The number of carbonyl (C=O) groups excluding carboxylic acids is 1. The first-order chi connectivity index (χ1) is 14.4. The SMILES string of the molecule is Cc1ccc(O)c(C)c1-n1c2nc(C)c(N3CCCC3=O)cc2c2c(N)ncnc21. The lowest BCUT2D eigenvalue weighted by Gasteiger charge is -2.18. The highest BCUT2D eigenvalue weighted by Crippen LogP contribution is 2.39. The molecule has 8 heteroatoms. The fourth-order valence-corrected chi connectivity index (χ4v) is 4.41. The van der Waals surface area contributed by atoms with Gasteiger partial charge in [0, 0.05) is 23.9 Å². The van der Waals surface area contributed by atoms with Crippen LogP contribution in [0.1, 0.15) is 29.7 Å². The summed E-state index contributed by atoms with van der Waals surface area (Å²) >= 11 is 0. The van der Waals surface area contributed by atoms with Crippen LogP contribution in [0, 0.1) is 20.8 Å². The summed E-state index contributed by atoms with van der Waals surface area (Å²) in [6.07, 6.45) is 2.81. The maximum Gasteiger partial charge on any atom is 0.227 e. The van der Waals surface area contributed by atoms with E-state index in [-0.39, 0.29) is 11.7 Å². The van der Waals surface area contributed by atoms with Crippen molar-refractivity contribution in [2.24, 2.45) is 0 Å². The van der Waals surface area contributed by atoms with Crippen molar-refractivity contribution < 1.29 is 9.90 Å². The minimum absolute atomic E-state index is 0.104. The van der Waals surface area contributed by atoms with E-state index in [1.165, 1.54) is 6.33 Å². The summed E-state index contributed by atoms with van der Waals surface area (Å²) in [6, 6.07) is 5.51. The van der Waals surface area contributed by atoms with Gasteiger partial charge in [0.25, 0.3) is 0 Å². The lowest BCUT2D eigenvalue weighted by Crippen LogP contribution is -2.24. The predicted octanol–water partition coefficient (Wildman–Crippen LogP) is 3.31. The van der Waals surface area contributed by atoms with E-state index < -0.39 is 0 Å². The van der Waals surface area contributed by atoms with Gasteiger partial charge < -0.3 is 15.7 Å². The molecule has 1 amide bonds. The van der Waals surface area contributed by atoms with Crippen molar-refractivity contribution in [1.29, 1.82) is 0 Å². The molecule has 8 nitrogen and oxygen atoms in total. The third-order valence-corrected chi connectivity index (χ3v) is 5.91. The Morgan fingerprint density at radius 1 is 1.13 bits per heavy atom. The molecule has 3 N–H and O–H groups in total. The number of nitrogen functional groups attached to an aromatic ring is 1. The molecule has 1 aromatic carbocycles. The van der Waals surface area contributed by atoms with Crippen molar-refractivity contribution in [2.45, 2.75) is 33.6 Å². The fourth-order valence-electron chi connectivity index (χ4n) is 4.41.